The van der Waals surface area contributed by atoms with Gasteiger partial charge in [0.25, 0.3) is 10.1 Å². The monoisotopic (exact) mass is 325 g/mol. The summed E-state index contributed by atoms with van der Waals surface area (Å²) >= 11 is 0. The topological polar surface area (TPSA) is 72.9 Å². The predicted molar refractivity (Wildman–Crippen MR) is 79.6 cm³/mol. The van der Waals surface area contributed by atoms with Crippen LogP contribution in [-0.2, 0) is 25.6 Å². The summed E-state index contributed by atoms with van der Waals surface area (Å²) in [6, 6.07) is 9.45. The molecule has 3 aliphatic rings. The summed E-state index contributed by atoms with van der Waals surface area (Å²) in [6.45, 7) is 0.841. The van der Waals surface area contributed by atoms with Crippen LogP contribution in [-0.4, -0.2) is 44.4 Å². The molecule has 2 aliphatic heterocycles. The van der Waals surface area contributed by atoms with Crippen molar-refractivity contribution in [2.24, 2.45) is 5.92 Å². The smallest absolute Gasteiger partial charge is 0.410 e. The molecule has 1 aromatic carbocycles. The minimum atomic E-state index is -3.51. The molecule has 0 N–H and O–H groups in total. The molecule has 1 aromatic rings. The summed E-state index contributed by atoms with van der Waals surface area (Å²) in [5, 5.41) is 0. The Hall–Kier alpha value is -1.60. The first-order valence-electron chi connectivity index (χ1n) is 7.21. The Labute approximate surface area is 130 Å². The molecule has 1 saturated carbocycles. The van der Waals surface area contributed by atoms with Gasteiger partial charge in [-0.15, -0.1) is 0 Å². The molecule has 3 fully saturated rings. The van der Waals surface area contributed by atoms with E-state index in [-0.39, 0.29) is 13.2 Å². The van der Waals surface area contributed by atoms with E-state index in [1.54, 1.807) is 4.90 Å². The second kappa shape index (κ2) is 5.55. The molecule has 2 saturated heterocycles. The molecule has 120 valence electrons. The quantitative estimate of drug-likeness (QED) is 0.771. The fraction of sp³-hybridized carbons (Fsp3) is 0.533. The molecule has 0 spiro atoms. The zero-order valence-corrected chi connectivity index (χ0v) is 13.2. The maximum atomic E-state index is 12.3. The number of nitrogens with zero attached hydrogens (tertiary/aromatic N) is 1. The number of fused-ring (bicyclic) bond motifs is 1. The van der Waals surface area contributed by atoms with Gasteiger partial charge in [-0.1, -0.05) is 30.3 Å². The van der Waals surface area contributed by atoms with Gasteiger partial charge < -0.3 is 4.74 Å². The predicted octanol–water partition coefficient (Wildman–Crippen LogP) is 1.76. The number of ether oxygens (including phenoxy) is 1. The minimum Gasteiger partial charge on any atom is -0.445 e. The van der Waals surface area contributed by atoms with Crippen molar-refractivity contribution in [1.29, 1.82) is 0 Å². The van der Waals surface area contributed by atoms with Gasteiger partial charge in [-0.2, -0.15) is 8.42 Å². The molecule has 1 aliphatic carbocycles. The number of rotatable bonds is 5. The van der Waals surface area contributed by atoms with E-state index in [9.17, 15) is 13.2 Å². The summed E-state index contributed by atoms with van der Waals surface area (Å²) in [6.07, 6.45) is 2.18. The minimum absolute atomic E-state index is 0.0166. The van der Waals surface area contributed by atoms with Crippen LogP contribution in [0.4, 0.5) is 4.79 Å². The molecule has 0 unspecified atom stereocenters. The van der Waals surface area contributed by atoms with Gasteiger partial charge >= 0.3 is 6.09 Å². The first-order chi connectivity index (χ1) is 10.4. The standard InChI is InChI=1S/C15H19NO5S/c1-22(18,19)21-11-15-7-13(8-15)9-16(15)14(17)20-10-12-5-3-2-4-6-12/h2-6,13H,7-11H2,1H3. The van der Waals surface area contributed by atoms with Crippen LogP contribution >= 0.6 is 0 Å². The zero-order chi connectivity index (χ0) is 15.8. The molecule has 0 aromatic heterocycles. The summed E-state index contributed by atoms with van der Waals surface area (Å²) in [7, 11) is -3.51. The van der Waals surface area contributed by atoms with E-state index in [1.807, 2.05) is 30.3 Å². The lowest BCUT2D eigenvalue weighted by molar-refractivity contribution is 0.0326. The Morgan fingerprint density at radius 3 is 2.64 bits per heavy atom. The number of carbonyl (C=O) groups is 1. The normalized spacial score (nSPS) is 26.6. The fourth-order valence-electron chi connectivity index (χ4n) is 3.29. The number of hydrogen-bond donors (Lipinski definition) is 0. The third-order valence-electron chi connectivity index (χ3n) is 4.32. The third-order valence-corrected chi connectivity index (χ3v) is 4.86. The van der Waals surface area contributed by atoms with E-state index in [0.717, 1.165) is 24.7 Å². The SMILES string of the molecule is CS(=O)(=O)OCC12CC(CN1C(=O)OCc1ccccc1)C2. The van der Waals surface area contributed by atoms with E-state index in [1.165, 1.54) is 0 Å². The van der Waals surface area contributed by atoms with Crippen LogP contribution in [0.15, 0.2) is 30.3 Å². The van der Waals surface area contributed by atoms with Crippen LogP contribution < -0.4 is 0 Å². The van der Waals surface area contributed by atoms with E-state index in [4.69, 9.17) is 8.92 Å². The van der Waals surface area contributed by atoms with Gasteiger partial charge in [-0.25, -0.2) is 4.79 Å². The Morgan fingerprint density at radius 2 is 2.00 bits per heavy atom. The summed E-state index contributed by atoms with van der Waals surface area (Å²) < 4.78 is 32.6. The first-order valence-corrected chi connectivity index (χ1v) is 9.02. The highest BCUT2D eigenvalue weighted by molar-refractivity contribution is 7.85. The van der Waals surface area contributed by atoms with Gasteiger partial charge in [0.2, 0.25) is 0 Å². The lowest BCUT2D eigenvalue weighted by Crippen LogP contribution is -2.52. The highest BCUT2D eigenvalue weighted by Gasteiger charge is 2.59. The van der Waals surface area contributed by atoms with Crippen molar-refractivity contribution in [3.63, 3.8) is 0 Å². The van der Waals surface area contributed by atoms with Gasteiger partial charge in [0.15, 0.2) is 0 Å². The van der Waals surface area contributed by atoms with Crippen molar-refractivity contribution < 1.29 is 22.1 Å². The first kappa shape index (κ1) is 15.3. The Balaban J connectivity index is 1.60. The molecule has 0 radical (unpaired) electrons. The van der Waals surface area contributed by atoms with Gasteiger partial charge in [0.05, 0.1) is 18.4 Å². The number of amides is 1. The highest BCUT2D eigenvalue weighted by Crippen LogP contribution is 2.51. The summed E-state index contributed by atoms with van der Waals surface area (Å²) in [5.41, 5.74) is 0.408. The molecule has 22 heavy (non-hydrogen) atoms. The molecule has 2 bridgehead atoms. The van der Waals surface area contributed by atoms with Crippen molar-refractivity contribution in [3.8, 4) is 0 Å². The molecular formula is C15H19NO5S. The maximum absolute atomic E-state index is 12.3. The van der Waals surface area contributed by atoms with Crippen molar-refractivity contribution in [2.45, 2.75) is 25.0 Å². The van der Waals surface area contributed by atoms with Gasteiger partial charge in [-0.05, 0) is 24.3 Å². The van der Waals surface area contributed by atoms with E-state index in [2.05, 4.69) is 0 Å². The van der Waals surface area contributed by atoms with Gasteiger partial charge in [0, 0.05) is 6.54 Å². The maximum Gasteiger partial charge on any atom is 0.410 e. The van der Waals surface area contributed by atoms with Crippen LogP contribution in [0.5, 0.6) is 0 Å². The molecule has 2 heterocycles. The zero-order valence-electron chi connectivity index (χ0n) is 12.4. The van der Waals surface area contributed by atoms with E-state index in [0.29, 0.717) is 12.5 Å². The van der Waals surface area contributed by atoms with Crippen LogP contribution in [0.1, 0.15) is 18.4 Å². The molecule has 1 amide bonds. The lowest BCUT2D eigenvalue weighted by Gasteiger charge is -2.40. The molecule has 0 atom stereocenters. The van der Waals surface area contributed by atoms with Gasteiger partial charge in [0.1, 0.15) is 6.61 Å². The van der Waals surface area contributed by atoms with Crippen molar-refractivity contribution in [3.05, 3.63) is 35.9 Å². The molecule has 6 nitrogen and oxygen atoms in total. The van der Waals surface area contributed by atoms with Crippen LogP contribution in [0.2, 0.25) is 0 Å². The van der Waals surface area contributed by atoms with Crippen molar-refractivity contribution in [2.75, 3.05) is 19.4 Å². The average molecular weight is 325 g/mol. The van der Waals surface area contributed by atoms with Crippen LogP contribution in [0.25, 0.3) is 0 Å². The third kappa shape index (κ3) is 3.10. The Morgan fingerprint density at radius 1 is 1.32 bits per heavy atom. The molecule has 4 rings (SSSR count). The van der Waals surface area contributed by atoms with Crippen molar-refractivity contribution in [1.82, 2.24) is 4.90 Å². The number of hydrogen-bond acceptors (Lipinski definition) is 5. The number of carbonyl (C=O) groups excluding carboxylic acids is 1. The Bertz CT molecular complexity index is 652. The second-order valence-electron chi connectivity index (χ2n) is 6.12. The summed E-state index contributed by atoms with van der Waals surface area (Å²) in [5.74, 6) is 0.424. The fourth-order valence-corrected chi connectivity index (χ4v) is 3.73. The van der Waals surface area contributed by atoms with E-state index >= 15 is 0 Å². The van der Waals surface area contributed by atoms with E-state index < -0.39 is 21.8 Å². The van der Waals surface area contributed by atoms with Crippen LogP contribution in [0.3, 0.4) is 0 Å². The number of benzene rings is 1. The second-order valence-corrected chi connectivity index (χ2v) is 7.76. The molecular weight excluding hydrogens is 306 g/mol. The van der Waals surface area contributed by atoms with Crippen molar-refractivity contribution >= 4 is 16.2 Å². The summed E-state index contributed by atoms with van der Waals surface area (Å²) in [4.78, 5) is 13.9. The lowest BCUT2D eigenvalue weighted by atomic mass is 9.74. The van der Waals surface area contributed by atoms with Crippen LogP contribution in [0, 0.1) is 5.92 Å². The largest absolute Gasteiger partial charge is 0.445 e. The molecule has 7 heteroatoms. The Kier molecular flexibility index (Phi) is 3.86. The average Bonchev–Trinajstić information content (AvgIpc) is 2.98. The van der Waals surface area contributed by atoms with Gasteiger partial charge in [-0.3, -0.25) is 9.08 Å². The highest BCUT2D eigenvalue weighted by atomic mass is 32.2.